The Morgan fingerprint density at radius 1 is 1.69 bits per heavy atom. The summed E-state index contributed by atoms with van der Waals surface area (Å²) in [6, 6.07) is 0. The van der Waals surface area contributed by atoms with Crippen LogP contribution in [0.3, 0.4) is 0 Å². The topological polar surface area (TPSA) is 38.3 Å². The molecule has 1 aliphatic heterocycles. The van der Waals surface area contributed by atoms with E-state index < -0.39 is 0 Å². The Hall–Kier alpha value is -0.570. The highest BCUT2D eigenvalue weighted by molar-refractivity contribution is 5.72. The van der Waals surface area contributed by atoms with Gasteiger partial charge in [-0.25, -0.2) is 0 Å². The molecule has 0 amide bonds. The predicted molar refractivity (Wildman–Crippen MR) is 51.4 cm³/mol. The molecular formula is C10H19NO2. The van der Waals surface area contributed by atoms with E-state index in [1.165, 1.54) is 13.5 Å². The van der Waals surface area contributed by atoms with Crippen LogP contribution in [0.2, 0.25) is 0 Å². The summed E-state index contributed by atoms with van der Waals surface area (Å²) in [6.07, 6.45) is 3.22. The molecule has 1 heterocycles. The second-order valence-corrected chi connectivity index (χ2v) is 3.64. The molecule has 1 aliphatic rings. The van der Waals surface area contributed by atoms with E-state index in [9.17, 15) is 4.79 Å². The van der Waals surface area contributed by atoms with Crippen molar-refractivity contribution in [2.75, 3.05) is 20.2 Å². The van der Waals surface area contributed by atoms with Gasteiger partial charge in [-0.2, -0.15) is 0 Å². The smallest absolute Gasteiger partial charge is 0.308 e. The number of carbonyl (C=O) groups is 1. The largest absolute Gasteiger partial charge is 0.469 e. The van der Waals surface area contributed by atoms with Crippen LogP contribution in [0, 0.1) is 11.8 Å². The van der Waals surface area contributed by atoms with Crippen LogP contribution in [0.4, 0.5) is 0 Å². The van der Waals surface area contributed by atoms with Gasteiger partial charge in [0.15, 0.2) is 0 Å². The molecule has 1 fully saturated rings. The molecular weight excluding hydrogens is 166 g/mol. The van der Waals surface area contributed by atoms with E-state index >= 15 is 0 Å². The van der Waals surface area contributed by atoms with E-state index in [1.807, 2.05) is 0 Å². The summed E-state index contributed by atoms with van der Waals surface area (Å²) in [4.78, 5) is 11.4. The summed E-state index contributed by atoms with van der Waals surface area (Å²) in [5.74, 6) is 0.528. The first-order valence-corrected chi connectivity index (χ1v) is 5.08. The van der Waals surface area contributed by atoms with Gasteiger partial charge in [-0.1, -0.05) is 6.92 Å². The van der Waals surface area contributed by atoms with Crippen molar-refractivity contribution in [1.82, 2.24) is 5.32 Å². The maximum absolute atomic E-state index is 11.4. The molecule has 2 unspecified atom stereocenters. The summed E-state index contributed by atoms with van der Waals surface area (Å²) in [7, 11) is 1.47. The Bertz CT molecular complexity index is 164. The molecule has 0 aromatic heterocycles. The molecule has 3 nitrogen and oxygen atoms in total. The van der Waals surface area contributed by atoms with Gasteiger partial charge in [0.2, 0.25) is 0 Å². The summed E-state index contributed by atoms with van der Waals surface area (Å²) < 4.78 is 4.79. The highest BCUT2D eigenvalue weighted by Gasteiger charge is 2.28. The molecule has 1 rings (SSSR count). The van der Waals surface area contributed by atoms with Crippen LogP contribution in [-0.4, -0.2) is 26.2 Å². The maximum atomic E-state index is 11.4. The summed E-state index contributed by atoms with van der Waals surface area (Å²) in [5.41, 5.74) is 0. The molecule has 2 atom stereocenters. The Labute approximate surface area is 79.8 Å². The minimum absolute atomic E-state index is 0.0452. The third-order valence-corrected chi connectivity index (χ3v) is 2.85. The first-order chi connectivity index (χ1) is 6.29. The quantitative estimate of drug-likeness (QED) is 0.671. The predicted octanol–water partition coefficient (Wildman–Crippen LogP) is 1.19. The molecule has 0 bridgehead atoms. The molecule has 1 N–H and O–H groups in total. The minimum Gasteiger partial charge on any atom is -0.469 e. The average molecular weight is 185 g/mol. The van der Waals surface area contributed by atoms with Gasteiger partial charge in [0.05, 0.1) is 13.0 Å². The molecule has 76 valence electrons. The number of piperidine rings is 1. The van der Waals surface area contributed by atoms with E-state index in [4.69, 9.17) is 4.74 Å². The molecule has 13 heavy (non-hydrogen) atoms. The van der Waals surface area contributed by atoms with Gasteiger partial charge in [0.25, 0.3) is 0 Å². The van der Waals surface area contributed by atoms with Gasteiger partial charge in [-0.05, 0) is 38.3 Å². The lowest BCUT2D eigenvalue weighted by Crippen LogP contribution is -2.37. The Morgan fingerprint density at radius 2 is 2.46 bits per heavy atom. The first-order valence-electron chi connectivity index (χ1n) is 5.08. The number of nitrogens with one attached hydrogen (secondary N) is 1. The van der Waals surface area contributed by atoms with Crippen molar-refractivity contribution < 1.29 is 9.53 Å². The van der Waals surface area contributed by atoms with E-state index in [0.29, 0.717) is 5.92 Å². The second-order valence-electron chi connectivity index (χ2n) is 3.64. The lowest BCUT2D eigenvalue weighted by molar-refractivity contribution is -0.147. The fourth-order valence-corrected chi connectivity index (χ4v) is 2.07. The second kappa shape index (κ2) is 5.22. The highest BCUT2D eigenvalue weighted by Crippen LogP contribution is 2.23. The maximum Gasteiger partial charge on any atom is 0.308 e. The summed E-state index contributed by atoms with van der Waals surface area (Å²) in [6.45, 7) is 4.11. The third kappa shape index (κ3) is 2.69. The zero-order chi connectivity index (χ0) is 9.68. The van der Waals surface area contributed by atoms with Gasteiger partial charge in [0, 0.05) is 0 Å². The van der Waals surface area contributed by atoms with Crippen molar-refractivity contribution >= 4 is 5.97 Å². The molecule has 3 heteroatoms. The van der Waals surface area contributed by atoms with E-state index in [0.717, 1.165) is 25.9 Å². The molecule has 0 spiro atoms. The van der Waals surface area contributed by atoms with Crippen LogP contribution in [0.15, 0.2) is 0 Å². The lowest BCUT2D eigenvalue weighted by Gasteiger charge is -2.28. The Balaban J connectivity index is 2.48. The van der Waals surface area contributed by atoms with Crippen molar-refractivity contribution in [1.29, 1.82) is 0 Å². The Kier molecular flexibility index (Phi) is 4.22. The standard InChI is InChI=1S/C10H19NO2/c1-3-9(10(12)13-2)8-5-4-6-11-7-8/h8-9,11H,3-7H2,1-2H3. The van der Waals surface area contributed by atoms with Crippen LogP contribution >= 0.6 is 0 Å². The Morgan fingerprint density at radius 3 is 2.92 bits per heavy atom. The number of hydrogen-bond acceptors (Lipinski definition) is 3. The molecule has 1 saturated heterocycles. The SMILES string of the molecule is CCC(C(=O)OC)C1CCCNC1. The van der Waals surface area contributed by atoms with E-state index in [-0.39, 0.29) is 11.9 Å². The van der Waals surface area contributed by atoms with Gasteiger partial charge < -0.3 is 10.1 Å². The number of esters is 1. The zero-order valence-corrected chi connectivity index (χ0v) is 8.51. The number of rotatable bonds is 3. The molecule has 0 aliphatic carbocycles. The van der Waals surface area contributed by atoms with Crippen molar-refractivity contribution in [2.24, 2.45) is 11.8 Å². The van der Waals surface area contributed by atoms with Crippen molar-refractivity contribution in [3.8, 4) is 0 Å². The zero-order valence-electron chi connectivity index (χ0n) is 8.51. The monoisotopic (exact) mass is 185 g/mol. The van der Waals surface area contributed by atoms with Crippen molar-refractivity contribution in [3.63, 3.8) is 0 Å². The fourth-order valence-electron chi connectivity index (χ4n) is 2.07. The van der Waals surface area contributed by atoms with Crippen LogP contribution < -0.4 is 5.32 Å². The van der Waals surface area contributed by atoms with Crippen molar-refractivity contribution in [3.05, 3.63) is 0 Å². The third-order valence-electron chi connectivity index (χ3n) is 2.85. The number of ether oxygens (including phenoxy) is 1. The normalized spacial score (nSPS) is 25.2. The molecule has 0 saturated carbocycles. The van der Waals surface area contributed by atoms with Crippen LogP contribution in [0.1, 0.15) is 26.2 Å². The van der Waals surface area contributed by atoms with Gasteiger partial charge >= 0.3 is 5.97 Å². The fraction of sp³-hybridized carbons (Fsp3) is 0.900. The number of carbonyl (C=O) groups excluding carboxylic acids is 1. The molecule has 0 aromatic carbocycles. The van der Waals surface area contributed by atoms with Gasteiger partial charge in [-0.3, -0.25) is 4.79 Å². The van der Waals surface area contributed by atoms with Crippen LogP contribution in [-0.2, 0) is 9.53 Å². The van der Waals surface area contributed by atoms with Crippen LogP contribution in [0.5, 0.6) is 0 Å². The van der Waals surface area contributed by atoms with Crippen LogP contribution in [0.25, 0.3) is 0 Å². The van der Waals surface area contributed by atoms with E-state index in [2.05, 4.69) is 12.2 Å². The van der Waals surface area contributed by atoms with Crippen molar-refractivity contribution in [2.45, 2.75) is 26.2 Å². The number of hydrogen-bond donors (Lipinski definition) is 1. The average Bonchev–Trinajstić information content (AvgIpc) is 2.20. The highest BCUT2D eigenvalue weighted by atomic mass is 16.5. The summed E-state index contributed by atoms with van der Waals surface area (Å²) >= 11 is 0. The van der Waals surface area contributed by atoms with Gasteiger partial charge in [0.1, 0.15) is 0 Å². The van der Waals surface area contributed by atoms with Gasteiger partial charge in [-0.15, -0.1) is 0 Å². The first kappa shape index (κ1) is 10.5. The lowest BCUT2D eigenvalue weighted by atomic mass is 9.84. The molecule has 0 radical (unpaired) electrons. The minimum atomic E-state index is -0.0452. The van der Waals surface area contributed by atoms with E-state index in [1.54, 1.807) is 0 Å². The molecule has 0 aromatic rings. The summed E-state index contributed by atoms with van der Waals surface area (Å²) in [5, 5.41) is 3.32. The number of methoxy groups -OCH3 is 1.